The van der Waals surface area contributed by atoms with Gasteiger partial charge in [0.15, 0.2) is 18.1 Å². The highest BCUT2D eigenvalue weighted by Crippen LogP contribution is 2.28. The third-order valence-electron chi connectivity index (χ3n) is 4.60. The summed E-state index contributed by atoms with van der Waals surface area (Å²) in [6.07, 6.45) is 1.15. The second kappa shape index (κ2) is 8.93. The maximum absolute atomic E-state index is 12.4. The van der Waals surface area contributed by atoms with Crippen LogP contribution in [-0.4, -0.2) is 52.1 Å². The van der Waals surface area contributed by atoms with Crippen molar-refractivity contribution in [3.05, 3.63) is 41.3 Å². The van der Waals surface area contributed by atoms with E-state index in [4.69, 9.17) is 9.47 Å². The summed E-state index contributed by atoms with van der Waals surface area (Å²) in [5, 5.41) is 1.73. The second-order valence-corrected chi connectivity index (χ2v) is 9.54. The van der Waals surface area contributed by atoms with Gasteiger partial charge in [0.1, 0.15) is 4.21 Å². The van der Waals surface area contributed by atoms with Crippen molar-refractivity contribution in [2.24, 2.45) is 0 Å². The molecule has 0 radical (unpaired) electrons. The molecule has 1 aliphatic rings. The third kappa shape index (κ3) is 5.03. The number of carbonyl (C=O) groups is 1. The van der Waals surface area contributed by atoms with E-state index in [1.165, 1.54) is 11.3 Å². The van der Waals surface area contributed by atoms with Gasteiger partial charge in [-0.3, -0.25) is 4.79 Å². The van der Waals surface area contributed by atoms with Gasteiger partial charge in [-0.15, -0.1) is 11.3 Å². The summed E-state index contributed by atoms with van der Waals surface area (Å²) >= 11 is 1.19. The molecule has 2 aromatic rings. The van der Waals surface area contributed by atoms with Gasteiger partial charge in [-0.25, -0.2) is 13.1 Å². The van der Waals surface area contributed by atoms with Crippen molar-refractivity contribution in [1.82, 2.24) is 9.62 Å². The highest BCUT2D eigenvalue weighted by molar-refractivity contribution is 7.91. The Morgan fingerprint density at radius 1 is 1.25 bits per heavy atom. The van der Waals surface area contributed by atoms with E-state index in [1.807, 2.05) is 19.1 Å². The fourth-order valence-electron chi connectivity index (χ4n) is 3.07. The Morgan fingerprint density at radius 3 is 2.64 bits per heavy atom. The highest BCUT2D eigenvalue weighted by Gasteiger charge is 2.27. The number of likely N-dealkylation sites (tertiary alicyclic amines) is 1. The summed E-state index contributed by atoms with van der Waals surface area (Å²) < 4.78 is 38.6. The Balaban J connectivity index is 1.49. The number of amides is 1. The van der Waals surface area contributed by atoms with E-state index in [-0.39, 0.29) is 18.6 Å². The minimum Gasteiger partial charge on any atom is -0.493 e. The number of carbonyl (C=O) groups excluding carboxylic acids is 1. The number of piperidine rings is 1. The van der Waals surface area contributed by atoms with Crippen molar-refractivity contribution in [3.63, 3.8) is 0 Å². The number of nitrogens with zero attached hydrogens (tertiary/aromatic N) is 1. The predicted molar refractivity (Wildman–Crippen MR) is 107 cm³/mol. The van der Waals surface area contributed by atoms with Crippen LogP contribution in [0.5, 0.6) is 11.5 Å². The summed E-state index contributed by atoms with van der Waals surface area (Å²) in [5.41, 5.74) is 1.04. The summed E-state index contributed by atoms with van der Waals surface area (Å²) in [4.78, 5) is 14.1. The average molecular weight is 425 g/mol. The predicted octanol–water partition coefficient (Wildman–Crippen LogP) is 2.41. The van der Waals surface area contributed by atoms with Gasteiger partial charge >= 0.3 is 0 Å². The lowest BCUT2D eigenvalue weighted by atomic mass is 10.1. The molecule has 1 fully saturated rings. The molecule has 9 heteroatoms. The topological polar surface area (TPSA) is 84.9 Å². The number of hydrogen-bond acceptors (Lipinski definition) is 6. The number of thiophene rings is 1. The zero-order valence-electron chi connectivity index (χ0n) is 15.9. The van der Waals surface area contributed by atoms with Crippen molar-refractivity contribution >= 4 is 27.3 Å². The molecule has 28 heavy (non-hydrogen) atoms. The fourth-order valence-corrected chi connectivity index (χ4v) is 5.38. The number of nitrogens with one attached hydrogen (secondary N) is 1. The molecule has 1 N–H and O–H groups in total. The van der Waals surface area contributed by atoms with E-state index in [0.29, 0.717) is 41.6 Å². The largest absolute Gasteiger partial charge is 0.493 e. The minimum atomic E-state index is -3.49. The molecule has 3 rings (SSSR count). The zero-order valence-corrected chi connectivity index (χ0v) is 17.5. The smallest absolute Gasteiger partial charge is 0.260 e. The summed E-state index contributed by atoms with van der Waals surface area (Å²) in [7, 11) is -1.92. The average Bonchev–Trinajstić information content (AvgIpc) is 3.23. The van der Waals surface area contributed by atoms with E-state index in [9.17, 15) is 13.2 Å². The standard InChI is InChI=1S/C19H24N2O5S2/c1-14-5-6-16(17(12-14)25-2)26-13-18(22)21-9-7-15(8-10-21)20-28(23,24)19-4-3-11-27-19/h3-6,11-12,15,20H,7-10,13H2,1-2H3. The first-order valence-corrected chi connectivity index (χ1v) is 11.4. The normalized spacial score (nSPS) is 15.4. The molecule has 1 amide bonds. The van der Waals surface area contributed by atoms with Gasteiger partial charge < -0.3 is 14.4 Å². The van der Waals surface area contributed by atoms with Gasteiger partial charge in [-0.2, -0.15) is 0 Å². The Kier molecular flexibility index (Phi) is 6.58. The van der Waals surface area contributed by atoms with E-state index >= 15 is 0 Å². The molecule has 0 saturated carbocycles. The molecule has 2 heterocycles. The van der Waals surface area contributed by atoms with Crippen LogP contribution in [0.15, 0.2) is 39.9 Å². The van der Waals surface area contributed by atoms with Crippen molar-refractivity contribution in [3.8, 4) is 11.5 Å². The van der Waals surface area contributed by atoms with Crippen LogP contribution in [0.3, 0.4) is 0 Å². The van der Waals surface area contributed by atoms with Gasteiger partial charge in [0.2, 0.25) is 10.0 Å². The third-order valence-corrected chi connectivity index (χ3v) is 7.52. The molecule has 7 nitrogen and oxygen atoms in total. The van der Waals surface area contributed by atoms with E-state index in [1.54, 1.807) is 35.6 Å². The van der Waals surface area contributed by atoms with Crippen LogP contribution in [0.1, 0.15) is 18.4 Å². The fraction of sp³-hybridized carbons (Fsp3) is 0.421. The van der Waals surface area contributed by atoms with Crippen LogP contribution in [0.4, 0.5) is 0 Å². The van der Waals surface area contributed by atoms with E-state index < -0.39 is 10.0 Å². The van der Waals surface area contributed by atoms with Crippen molar-refractivity contribution in [2.75, 3.05) is 26.8 Å². The van der Waals surface area contributed by atoms with Crippen molar-refractivity contribution < 1.29 is 22.7 Å². The van der Waals surface area contributed by atoms with Gasteiger partial charge in [0.25, 0.3) is 5.91 Å². The lowest BCUT2D eigenvalue weighted by Crippen LogP contribution is -2.47. The van der Waals surface area contributed by atoms with Crippen LogP contribution in [-0.2, 0) is 14.8 Å². The molecular weight excluding hydrogens is 400 g/mol. The number of hydrogen-bond donors (Lipinski definition) is 1. The first-order chi connectivity index (χ1) is 13.4. The van der Waals surface area contributed by atoms with Crippen LogP contribution in [0.25, 0.3) is 0 Å². The molecule has 1 aliphatic heterocycles. The first kappa shape index (κ1) is 20.6. The van der Waals surface area contributed by atoms with Crippen LogP contribution < -0.4 is 14.2 Å². The molecule has 152 valence electrons. The van der Waals surface area contributed by atoms with Crippen molar-refractivity contribution in [1.29, 1.82) is 0 Å². The number of benzene rings is 1. The Morgan fingerprint density at radius 2 is 2.00 bits per heavy atom. The Hall–Kier alpha value is -2.10. The SMILES string of the molecule is COc1cc(C)ccc1OCC(=O)N1CCC(NS(=O)(=O)c2cccs2)CC1. The number of methoxy groups -OCH3 is 1. The van der Waals surface area contributed by atoms with Crippen molar-refractivity contribution in [2.45, 2.75) is 30.0 Å². The van der Waals surface area contributed by atoms with Crippen LogP contribution >= 0.6 is 11.3 Å². The summed E-state index contributed by atoms with van der Waals surface area (Å²) in [6, 6.07) is 8.66. The van der Waals surface area contributed by atoms with Crippen LogP contribution in [0, 0.1) is 6.92 Å². The first-order valence-electron chi connectivity index (χ1n) is 9.00. The number of ether oxygens (including phenoxy) is 2. The minimum absolute atomic E-state index is 0.0784. The molecule has 0 spiro atoms. The highest BCUT2D eigenvalue weighted by atomic mass is 32.2. The van der Waals surface area contributed by atoms with E-state index in [0.717, 1.165) is 5.56 Å². The van der Waals surface area contributed by atoms with Gasteiger partial charge in [-0.05, 0) is 48.9 Å². The summed E-state index contributed by atoms with van der Waals surface area (Å²) in [5.74, 6) is 0.997. The molecule has 0 atom stereocenters. The second-order valence-electron chi connectivity index (χ2n) is 6.65. The lowest BCUT2D eigenvalue weighted by molar-refractivity contribution is -0.134. The van der Waals surface area contributed by atoms with Gasteiger partial charge in [0, 0.05) is 19.1 Å². The van der Waals surface area contributed by atoms with Crippen LogP contribution in [0.2, 0.25) is 0 Å². The monoisotopic (exact) mass is 424 g/mol. The zero-order chi connectivity index (χ0) is 20.1. The molecule has 0 aliphatic carbocycles. The molecule has 1 aromatic heterocycles. The molecule has 0 unspecified atom stereocenters. The summed E-state index contributed by atoms with van der Waals surface area (Å²) in [6.45, 7) is 2.86. The molecular formula is C19H24N2O5S2. The maximum Gasteiger partial charge on any atom is 0.260 e. The number of sulfonamides is 1. The molecule has 1 saturated heterocycles. The van der Waals surface area contributed by atoms with E-state index in [2.05, 4.69) is 4.72 Å². The number of aryl methyl sites for hydroxylation is 1. The van der Waals surface area contributed by atoms with Gasteiger partial charge in [0.05, 0.1) is 7.11 Å². The maximum atomic E-state index is 12.4. The lowest BCUT2D eigenvalue weighted by Gasteiger charge is -2.32. The Bertz CT molecular complexity index is 904. The molecule has 1 aromatic carbocycles. The molecule has 0 bridgehead atoms. The quantitative estimate of drug-likeness (QED) is 0.738. The Labute approximate surface area is 169 Å². The number of rotatable bonds is 7. The van der Waals surface area contributed by atoms with Gasteiger partial charge in [-0.1, -0.05) is 12.1 Å².